The van der Waals surface area contributed by atoms with E-state index in [2.05, 4.69) is 5.32 Å². The Kier molecular flexibility index (Phi) is 4.34. The largest absolute Gasteiger partial charge is 0.496 e. The number of nitrogens with one attached hydrogen (secondary N) is 1. The van der Waals surface area contributed by atoms with Crippen LogP contribution in [0.5, 0.6) is 17.2 Å². The topological polar surface area (TPSA) is 56.8 Å². The maximum atomic E-state index is 12.9. The van der Waals surface area contributed by atoms with Gasteiger partial charge in [-0.05, 0) is 31.0 Å². The molecule has 24 heavy (non-hydrogen) atoms. The second-order valence-electron chi connectivity index (χ2n) is 5.77. The van der Waals surface area contributed by atoms with Crippen LogP contribution in [0.25, 0.3) is 0 Å². The molecular weight excluding hydrogens is 306 g/mol. The lowest BCUT2D eigenvalue weighted by atomic mass is 10.0. The minimum atomic E-state index is -0.393. The fraction of sp³-hybridized carbons (Fsp3) is 0.316. The normalized spacial score (nSPS) is 14.6. The Labute approximate surface area is 141 Å². The van der Waals surface area contributed by atoms with Crippen LogP contribution in [0.4, 0.5) is 0 Å². The Balaban J connectivity index is 1.93. The zero-order valence-electron chi connectivity index (χ0n) is 14.1. The van der Waals surface area contributed by atoms with Crippen molar-refractivity contribution in [2.24, 2.45) is 0 Å². The molecular formula is C19H21NO4. The van der Waals surface area contributed by atoms with Gasteiger partial charge in [-0.15, -0.1) is 0 Å². The number of rotatable bonds is 6. The van der Waals surface area contributed by atoms with E-state index in [9.17, 15) is 4.79 Å². The van der Waals surface area contributed by atoms with Crippen molar-refractivity contribution in [2.75, 3.05) is 21.3 Å². The molecule has 0 aliphatic heterocycles. The molecule has 0 spiro atoms. The molecule has 0 heterocycles. The zero-order valence-corrected chi connectivity index (χ0v) is 14.1. The molecule has 0 radical (unpaired) electrons. The first-order valence-electron chi connectivity index (χ1n) is 7.82. The minimum absolute atomic E-state index is 0.215. The molecule has 1 fully saturated rings. The lowest BCUT2D eigenvalue weighted by Crippen LogP contribution is -2.35. The molecule has 0 saturated heterocycles. The molecule has 5 nitrogen and oxygen atoms in total. The van der Waals surface area contributed by atoms with E-state index >= 15 is 0 Å². The molecule has 126 valence electrons. The smallest absolute Gasteiger partial charge is 0.259 e. The van der Waals surface area contributed by atoms with Crippen LogP contribution in [0.2, 0.25) is 0 Å². The second-order valence-corrected chi connectivity index (χ2v) is 5.77. The summed E-state index contributed by atoms with van der Waals surface area (Å²) in [6, 6.07) is 13.1. The highest BCUT2D eigenvalue weighted by atomic mass is 16.5. The number of para-hydroxylation sites is 1. The number of ether oxygens (including phenoxy) is 3. The molecule has 0 bridgehead atoms. The van der Waals surface area contributed by atoms with Crippen molar-refractivity contribution in [2.45, 2.75) is 18.4 Å². The first-order valence-corrected chi connectivity index (χ1v) is 7.82. The molecule has 0 aromatic heterocycles. The summed E-state index contributed by atoms with van der Waals surface area (Å²) in [7, 11) is 4.72. The molecule has 1 amide bonds. The van der Waals surface area contributed by atoms with E-state index in [-0.39, 0.29) is 5.91 Å². The number of methoxy groups -OCH3 is 3. The van der Waals surface area contributed by atoms with Crippen LogP contribution in [0.3, 0.4) is 0 Å². The maximum absolute atomic E-state index is 12.9. The van der Waals surface area contributed by atoms with Crippen molar-refractivity contribution < 1.29 is 19.0 Å². The van der Waals surface area contributed by atoms with Gasteiger partial charge in [-0.2, -0.15) is 0 Å². The number of hydrogen-bond donors (Lipinski definition) is 1. The highest BCUT2D eigenvalue weighted by molar-refractivity contribution is 6.00. The summed E-state index contributed by atoms with van der Waals surface area (Å²) in [4.78, 5) is 12.9. The summed E-state index contributed by atoms with van der Waals surface area (Å²) in [5, 5.41) is 3.15. The van der Waals surface area contributed by atoms with Crippen LogP contribution in [-0.2, 0) is 5.54 Å². The van der Waals surface area contributed by atoms with E-state index in [1.54, 1.807) is 39.5 Å². The third kappa shape index (κ3) is 2.77. The summed E-state index contributed by atoms with van der Waals surface area (Å²) in [5.41, 5.74) is 1.01. The monoisotopic (exact) mass is 327 g/mol. The van der Waals surface area contributed by atoms with Crippen LogP contribution >= 0.6 is 0 Å². The van der Waals surface area contributed by atoms with Crippen LogP contribution in [0.1, 0.15) is 28.8 Å². The van der Waals surface area contributed by atoms with Crippen molar-refractivity contribution in [3.63, 3.8) is 0 Å². The van der Waals surface area contributed by atoms with Gasteiger partial charge in [0.1, 0.15) is 22.8 Å². The van der Waals surface area contributed by atoms with Gasteiger partial charge in [0, 0.05) is 5.56 Å². The Morgan fingerprint density at radius 2 is 1.42 bits per heavy atom. The quantitative estimate of drug-likeness (QED) is 0.885. The van der Waals surface area contributed by atoms with Gasteiger partial charge in [0.2, 0.25) is 0 Å². The standard InChI is InChI=1S/C19H21NO4/c1-22-14-8-5-4-7-13(14)19(11-12-19)20-18(21)17-15(23-2)9-6-10-16(17)24-3/h4-10H,11-12H2,1-3H3,(H,20,21). The van der Waals surface area contributed by atoms with Crippen molar-refractivity contribution in [1.29, 1.82) is 0 Å². The fourth-order valence-corrected chi connectivity index (χ4v) is 2.98. The molecule has 1 aliphatic rings. The van der Waals surface area contributed by atoms with E-state index in [0.717, 1.165) is 24.2 Å². The van der Waals surface area contributed by atoms with Crippen molar-refractivity contribution >= 4 is 5.91 Å². The number of carbonyl (C=O) groups is 1. The number of carbonyl (C=O) groups excluding carboxylic acids is 1. The van der Waals surface area contributed by atoms with Crippen LogP contribution in [0, 0.1) is 0 Å². The molecule has 2 aromatic carbocycles. The Bertz CT molecular complexity index is 731. The van der Waals surface area contributed by atoms with Gasteiger partial charge >= 0.3 is 0 Å². The van der Waals surface area contributed by atoms with Gasteiger partial charge in [-0.3, -0.25) is 4.79 Å². The zero-order chi connectivity index (χ0) is 17.2. The number of amides is 1. The Morgan fingerprint density at radius 1 is 0.875 bits per heavy atom. The number of benzene rings is 2. The molecule has 0 atom stereocenters. The van der Waals surface area contributed by atoms with E-state index in [1.165, 1.54) is 0 Å². The molecule has 1 aliphatic carbocycles. The van der Waals surface area contributed by atoms with E-state index < -0.39 is 5.54 Å². The minimum Gasteiger partial charge on any atom is -0.496 e. The molecule has 3 rings (SSSR count). The maximum Gasteiger partial charge on any atom is 0.259 e. The fourth-order valence-electron chi connectivity index (χ4n) is 2.98. The van der Waals surface area contributed by atoms with Crippen LogP contribution < -0.4 is 19.5 Å². The second kappa shape index (κ2) is 6.43. The van der Waals surface area contributed by atoms with Crippen molar-refractivity contribution in [1.82, 2.24) is 5.32 Å². The predicted molar refractivity (Wildman–Crippen MR) is 90.9 cm³/mol. The highest BCUT2D eigenvalue weighted by Gasteiger charge is 2.48. The van der Waals surface area contributed by atoms with E-state index in [1.807, 2.05) is 24.3 Å². The molecule has 5 heteroatoms. The Hall–Kier alpha value is -2.69. The van der Waals surface area contributed by atoms with Gasteiger partial charge in [0.05, 0.1) is 26.9 Å². The highest BCUT2D eigenvalue weighted by Crippen LogP contribution is 2.49. The summed E-state index contributed by atoms with van der Waals surface area (Å²) in [6.07, 6.45) is 1.74. The third-order valence-electron chi connectivity index (χ3n) is 4.38. The molecule has 1 saturated carbocycles. The molecule has 0 unspecified atom stereocenters. The van der Waals surface area contributed by atoms with Gasteiger partial charge in [0.25, 0.3) is 5.91 Å². The van der Waals surface area contributed by atoms with Gasteiger partial charge in [-0.25, -0.2) is 0 Å². The summed E-state index contributed by atoms with van der Waals surface area (Å²) in [6.45, 7) is 0. The Morgan fingerprint density at radius 3 is 1.96 bits per heavy atom. The van der Waals surface area contributed by atoms with Gasteiger partial charge in [0.15, 0.2) is 0 Å². The molecule has 2 aromatic rings. The number of hydrogen-bond acceptors (Lipinski definition) is 4. The molecule has 1 N–H and O–H groups in total. The summed E-state index contributed by atoms with van der Waals surface area (Å²) < 4.78 is 16.1. The van der Waals surface area contributed by atoms with Gasteiger partial charge in [-0.1, -0.05) is 24.3 Å². The summed E-state index contributed by atoms with van der Waals surface area (Å²) >= 11 is 0. The predicted octanol–water partition coefficient (Wildman–Crippen LogP) is 3.13. The van der Waals surface area contributed by atoms with Gasteiger partial charge < -0.3 is 19.5 Å². The van der Waals surface area contributed by atoms with Crippen molar-refractivity contribution in [3.05, 3.63) is 53.6 Å². The van der Waals surface area contributed by atoms with Crippen LogP contribution in [-0.4, -0.2) is 27.2 Å². The lowest BCUT2D eigenvalue weighted by molar-refractivity contribution is 0.0924. The first-order chi connectivity index (χ1) is 11.6. The van der Waals surface area contributed by atoms with Crippen molar-refractivity contribution in [3.8, 4) is 17.2 Å². The average molecular weight is 327 g/mol. The van der Waals surface area contributed by atoms with E-state index in [0.29, 0.717) is 17.1 Å². The van der Waals surface area contributed by atoms with Crippen LogP contribution in [0.15, 0.2) is 42.5 Å². The third-order valence-corrected chi connectivity index (χ3v) is 4.38. The average Bonchev–Trinajstić information content (AvgIpc) is 3.41. The first kappa shape index (κ1) is 16.2. The SMILES string of the molecule is COc1ccccc1C1(NC(=O)c2c(OC)cccc2OC)CC1. The van der Waals surface area contributed by atoms with E-state index in [4.69, 9.17) is 14.2 Å². The lowest BCUT2D eigenvalue weighted by Gasteiger charge is -2.22. The summed E-state index contributed by atoms with van der Waals surface area (Å²) in [5.74, 6) is 1.54.